The van der Waals surface area contributed by atoms with Crippen LogP contribution in [0.15, 0.2) is 0 Å². The summed E-state index contributed by atoms with van der Waals surface area (Å²) >= 11 is 0. The Bertz CT molecular complexity index is 393. The van der Waals surface area contributed by atoms with Gasteiger partial charge in [-0.05, 0) is 51.9 Å². The van der Waals surface area contributed by atoms with Crippen molar-refractivity contribution < 1.29 is 0 Å². The summed E-state index contributed by atoms with van der Waals surface area (Å²) in [6.07, 6.45) is 49.1. The van der Waals surface area contributed by atoms with Gasteiger partial charge in [0.15, 0.2) is 0 Å². The van der Waals surface area contributed by atoms with Crippen LogP contribution in [0.5, 0.6) is 0 Å². The van der Waals surface area contributed by atoms with Crippen molar-refractivity contribution in [3.05, 3.63) is 0 Å². The zero-order valence-corrected chi connectivity index (χ0v) is 29.9. The largest absolute Gasteiger partial charge is 0.330 e. The van der Waals surface area contributed by atoms with Crippen molar-refractivity contribution in [3.8, 4) is 0 Å². The second kappa shape index (κ2) is 46.3. The summed E-state index contributed by atoms with van der Waals surface area (Å²) < 4.78 is 0. The van der Waals surface area contributed by atoms with Crippen molar-refractivity contribution in [1.82, 2.24) is 0 Å². The Morgan fingerprint density at radius 2 is 0.186 bits per heavy atom. The van der Waals surface area contributed by atoms with Gasteiger partial charge in [-0.2, -0.15) is 0 Å². The first-order valence-electron chi connectivity index (χ1n) is 20.1. The molecular weight excluding hydrogens is 524 g/mol. The summed E-state index contributed by atoms with van der Waals surface area (Å²) in [7, 11) is 0. The van der Waals surface area contributed by atoms with Gasteiger partial charge < -0.3 is 22.9 Å². The number of unbranched alkanes of at least 4 members (excludes halogenated alkanes) is 33. The molecule has 0 atom stereocenters. The maximum absolute atomic E-state index is 5.50. The Morgan fingerprint density at radius 1 is 0.116 bits per heavy atom. The lowest BCUT2D eigenvalue weighted by atomic mass is 10.0. The highest BCUT2D eigenvalue weighted by molar-refractivity contribution is 4.52. The highest BCUT2D eigenvalue weighted by Crippen LogP contribution is 2.15. The summed E-state index contributed by atoms with van der Waals surface area (Å²) in [6.45, 7) is 3.48. The van der Waals surface area contributed by atoms with Gasteiger partial charge in [0.2, 0.25) is 0 Å². The van der Waals surface area contributed by atoms with Gasteiger partial charge in [-0.1, -0.05) is 199 Å². The van der Waals surface area contributed by atoms with Crippen LogP contribution in [0.3, 0.4) is 0 Å². The van der Waals surface area contributed by atoms with Crippen molar-refractivity contribution in [3.63, 3.8) is 0 Å². The Morgan fingerprint density at radius 3 is 0.256 bits per heavy atom. The highest BCUT2D eigenvalue weighted by atomic mass is 14.5. The second-order valence-electron chi connectivity index (χ2n) is 13.5. The van der Waals surface area contributed by atoms with Gasteiger partial charge in [0.05, 0.1) is 0 Å². The molecule has 0 amide bonds. The number of hydrogen-bond acceptors (Lipinski definition) is 4. The molecule has 43 heavy (non-hydrogen) atoms. The third kappa shape index (κ3) is 48.9. The van der Waals surface area contributed by atoms with E-state index < -0.39 is 0 Å². The molecule has 4 nitrogen and oxygen atoms in total. The third-order valence-corrected chi connectivity index (χ3v) is 9.07. The van der Waals surface area contributed by atoms with Crippen LogP contribution in [0.25, 0.3) is 0 Å². The Labute approximate surface area is 273 Å². The lowest BCUT2D eigenvalue weighted by Crippen LogP contribution is -1.97. The van der Waals surface area contributed by atoms with Gasteiger partial charge in [0.25, 0.3) is 0 Å². The molecule has 0 aliphatic rings. The average molecular weight is 611 g/mol. The molecule has 0 aromatic rings. The zero-order chi connectivity index (χ0) is 31.6. The number of nitrogens with two attached hydrogens (primary N) is 4. The van der Waals surface area contributed by atoms with E-state index in [1.54, 1.807) is 0 Å². The van der Waals surface area contributed by atoms with Crippen LogP contribution in [-0.4, -0.2) is 26.2 Å². The van der Waals surface area contributed by atoms with E-state index in [-0.39, 0.29) is 0 Å². The Balaban J connectivity index is 0. The van der Waals surface area contributed by atoms with Crippen LogP contribution in [0.2, 0.25) is 0 Å². The van der Waals surface area contributed by atoms with Crippen LogP contribution >= 0.6 is 0 Å². The zero-order valence-electron chi connectivity index (χ0n) is 29.9. The average Bonchev–Trinajstić information content (AvgIpc) is 3.02. The minimum absolute atomic E-state index is 0.869. The van der Waals surface area contributed by atoms with Gasteiger partial charge in [0, 0.05) is 0 Å². The van der Waals surface area contributed by atoms with E-state index in [9.17, 15) is 0 Å². The fourth-order valence-electron chi connectivity index (χ4n) is 6.06. The fourth-order valence-corrected chi connectivity index (χ4v) is 6.06. The molecule has 0 aliphatic heterocycles. The summed E-state index contributed by atoms with van der Waals surface area (Å²) in [5.41, 5.74) is 22.0. The number of hydrogen-bond donors (Lipinski definition) is 4. The monoisotopic (exact) mass is 611 g/mol. The molecule has 0 spiro atoms. The molecule has 0 fully saturated rings. The van der Waals surface area contributed by atoms with E-state index in [0.717, 1.165) is 26.2 Å². The first kappa shape index (κ1) is 45.0. The van der Waals surface area contributed by atoms with Crippen LogP contribution < -0.4 is 22.9 Å². The van der Waals surface area contributed by atoms with Crippen LogP contribution in [0, 0.1) is 0 Å². The summed E-state index contributed by atoms with van der Waals surface area (Å²) in [4.78, 5) is 0. The Kier molecular flexibility index (Phi) is 48.4. The molecule has 8 N–H and O–H groups in total. The van der Waals surface area contributed by atoms with Gasteiger partial charge in [-0.3, -0.25) is 0 Å². The van der Waals surface area contributed by atoms with Gasteiger partial charge >= 0.3 is 0 Å². The second-order valence-corrected chi connectivity index (χ2v) is 13.5. The van der Waals surface area contributed by atoms with Gasteiger partial charge in [-0.15, -0.1) is 0 Å². The first-order chi connectivity index (χ1) is 21.3. The summed E-state index contributed by atoms with van der Waals surface area (Å²) in [5.74, 6) is 0. The lowest BCUT2D eigenvalue weighted by molar-refractivity contribution is 0.524. The molecule has 262 valence electrons. The molecule has 0 radical (unpaired) electrons. The Hall–Kier alpha value is -0.160. The minimum Gasteiger partial charge on any atom is -0.330 e. The fraction of sp³-hybridized carbons (Fsp3) is 1.00. The predicted octanol–water partition coefficient (Wildman–Crippen LogP) is 11.5. The lowest BCUT2D eigenvalue weighted by Gasteiger charge is -2.03. The van der Waals surface area contributed by atoms with Crippen molar-refractivity contribution in [2.24, 2.45) is 22.9 Å². The molecular formula is C39H86N4. The molecule has 4 heteroatoms. The standard InChI is InChI=1S/C20H44N2.C19H42N2/c21-19-17-15-13-11-9-7-5-3-1-2-4-6-8-10-12-14-16-18-20-22;20-18-16-14-12-10-8-6-4-2-1-3-5-7-9-11-13-15-17-19-21/h1-22H2;1-21H2. The molecule has 0 saturated heterocycles. The van der Waals surface area contributed by atoms with E-state index in [4.69, 9.17) is 22.9 Å². The van der Waals surface area contributed by atoms with E-state index in [0.29, 0.717) is 0 Å². The molecule has 0 rings (SSSR count). The topological polar surface area (TPSA) is 104 Å². The minimum atomic E-state index is 0.869. The van der Waals surface area contributed by atoms with E-state index in [1.807, 2.05) is 0 Å². The van der Waals surface area contributed by atoms with Gasteiger partial charge in [0.1, 0.15) is 0 Å². The molecule has 0 unspecified atom stereocenters. The molecule has 0 bridgehead atoms. The molecule has 0 heterocycles. The quantitative estimate of drug-likeness (QED) is 0.0525. The van der Waals surface area contributed by atoms with Crippen LogP contribution in [0.4, 0.5) is 0 Å². The maximum Gasteiger partial charge on any atom is -0.00773 e. The van der Waals surface area contributed by atoms with E-state index >= 15 is 0 Å². The predicted molar refractivity (Wildman–Crippen MR) is 198 cm³/mol. The molecule has 0 aromatic heterocycles. The first-order valence-corrected chi connectivity index (χ1v) is 20.1. The third-order valence-electron chi connectivity index (χ3n) is 9.07. The van der Waals surface area contributed by atoms with Crippen molar-refractivity contribution in [1.29, 1.82) is 0 Å². The molecule has 0 aromatic carbocycles. The normalized spacial score (nSPS) is 11.2. The van der Waals surface area contributed by atoms with E-state index in [1.165, 1.54) is 225 Å². The maximum atomic E-state index is 5.50. The van der Waals surface area contributed by atoms with Crippen LogP contribution in [0.1, 0.15) is 225 Å². The van der Waals surface area contributed by atoms with Crippen molar-refractivity contribution >= 4 is 0 Å². The SMILES string of the molecule is NCCCCCCCCCCCCCCCCCCCCN.NCCCCCCCCCCCCCCCCCCCN. The van der Waals surface area contributed by atoms with E-state index in [2.05, 4.69) is 0 Å². The molecule has 0 aliphatic carbocycles. The highest BCUT2D eigenvalue weighted by Gasteiger charge is 1.96. The number of rotatable bonds is 37. The van der Waals surface area contributed by atoms with Crippen molar-refractivity contribution in [2.45, 2.75) is 225 Å². The summed E-state index contributed by atoms with van der Waals surface area (Å²) in [6, 6.07) is 0. The smallest absolute Gasteiger partial charge is 0.00773 e. The van der Waals surface area contributed by atoms with Crippen LogP contribution in [-0.2, 0) is 0 Å². The molecule has 0 saturated carbocycles. The van der Waals surface area contributed by atoms with Crippen molar-refractivity contribution in [2.75, 3.05) is 26.2 Å². The summed E-state index contributed by atoms with van der Waals surface area (Å²) in [5, 5.41) is 0. The van der Waals surface area contributed by atoms with Gasteiger partial charge in [-0.25, -0.2) is 0 Å².